The number of ether oxygens (including phenoxy) is 3. The second-order valence-electron chi connectivity index (χ2n) is 3.07. The minimum absolute atomic E-state index is 0.0342. The van der Waals surface area contributed by atoms with Crippen LogP contribution in [0.15, 0.2) is 0 Å². The Labute approximate surface area is 81.4 Å². The third-order valence-electron chi connectivity index (χ3n) is 1.96. The summed E-state index contributed by atoms with van der Waals surface area (Å²) < 4.78 is 14.5. The Morgan fingerprint density at radius 1 is 1.50 bits per heavy atom. The molecule has 0 amide bonds. The first-order chi connectivity index (χ1) is 6.56. The Morgan fingerprint density at radius 2 is 2.14 bits per heavy atom. The predicted molar refractivity (Wildman–Crippen MR) is 44.3 cm³/mol. The van der Waals surface area contributed by atoms with Crippen molar-refractivity contribution in [2.24, 2.45) is 0 Å². The molecule has 2 N–H and O–H groups in total. The van der Waals surface area contributed by atoms with Crippen LogP contribution in [0.5, 0.6) is 0 Å². The molecule has 0 unspecified atom stereocenters. The van der Waals surface area contributed by atoms with Crippen LogP contribution in [0.1, 0.15) is 6.92 Å². The first kappa shape index (κ1) is 11.4. The van der Waals surface area contributed by atoms with Gasteiger partial charge in [-0.25, -0.2) is 0 Å². The van der Waals surface area contributed by atoms with E-state index in [1.165, 1.54) is 14.0 Å². The molecule has 1 heterocycles. The molecule has 6 nitrogen and oxygen atoms in total. The zero-order valence-corrected chi connectivity index (χ0v) is 8.04. The first-order valence-corrected chi connectivity index (χ1v) is 4.24. The highest BCUT2D eigenvalue weighted by molar-refractivity contribution is 5.66. The van der Waals surface area contributed by atoms with Crippen molar-refractivity contribution in [3.63, 3.8) is 0 Å². The first-order valence-electron chi connectivity index (χ1n) is 4.24. The van der Waals surface area contributed by atoms with Gasteiger partial charge >= 0.3 is 5.97 Å². The van der Waals surface area contributed by atoms with Crippen molar-refractivity contribution < 1.29 is 29.2 Å². The van der Waals surface area contributed by atoms with Crippen molar-refractivity contribution in [1.29, 1.82) is 0 Å². The molecule has 4 atom stereocenters. The van der Waals surface area contributed by atoms with E-state index in [1.807, 2.05) is 0 Å². The van der Waals surface area contributed by atoms with Gasteiger partial charge in [0.2, 0.25) is 0 Å². The van der Waals surface area contributed by atoms with Gasteiger partial charge in [-0.15, -0.1) is 0 Å². The van der Waals surface area contributed by atoms with E-state index in [2.05, 4.69) is 0 Å². The molecule has 0 aromatic rings. The number of hydrogen-bond acceptors (Lipinski definition) is 6. The monoisotopic (exact) mass is 206 g/mol. The number of methoxy groups -OCH3 is 1. The lowest BCUT2D eigenvalue weighted by atomic mass is 10.1. The minimum atomic E-state index is -1.17. The van der Waals surface area contributed by atoms with E-state index in [4.69, 9.17) is 14.2 Å². The van der Waals surface area contributed by atoms with Gasteiger partial charge < -0.3 is 24.4 Å². The number of carbonyl (C=O) groups is 1. The van der Waals surface area contributed by atoms with Crippen LogP contribution in [0.25, 0.3) is 0 Å². The average molecular weight is 206 g/mol. The number of esters is 1. The molecule has 0 bridgehead atoms. The molecular formula is C8H14O6. The van der Waals surface area contributed by atoms with Gasteiger partial charge in [0.1, 0.15) is 12.2 Å². The highest BCUT2D eigenvalue weighted by Gasteiger charge is 2.41. The van der Waals surface area contributed by atoms with Crippen LogP contribution in [0.3, 0.4) is 0 Å². The average Bonchev–Trinajstić information content (AvgIpc) is 2.12. The fourth-order valence-electron chi connectivity index (χ4n) is 1.32. The van der Waals surface area contributed by atoms with E-state index < -0.39 is 30.6 Å². The molecule has 0 spiro atoms. The van der Waals surface area contributed by atoms with E-state index >= 15 is 0 Å². The van der Waals surface area contributed by atoms with E-state index in [-0.39, 0.29) is 6.61 Å². The number of carbonyl (C=O) groups excluding carboxylic acids is 1. The van der Waals surface area contributed by atoms with E-state index in [1.54, 1.807) is 0 Å². The van der Waals surface area contributed by atoms with Crippen LogP contribution in [0, 0.1) is 0 Å². The summed E-state index contributed by atoms with van der Waals surface area (Å²) >= 11 is 0. The van der Waals surface area contributed by atoms with Crippen LogP contribution in [-0.2, 0) is 19.0 Å². The highest BCUT2D eigenvalue weighted by atomic mass is 16.7. The predicted octanol–water partition coefficient (Wildman–Crippen LogP) is -1.36. The Kier molecular flexibility index (Phi) is 3.82. The zero-order chi connectivity index (χ0) is 10.7. The molecule has 14 heavy (non-hydrogen) atoms. The molecule has 1 rings (SSSR count). The fraction of sp³-hybridized carbons (Fsp3) is 0.875. The number of hydrogen-bond donors (Lipinski definition) is 2. The molecular weight excluding hydrogens is 192 g/mol. The summed E-state index contributed by atoms with van der Waals surface area (Å²) in [4.78, 5) is 10.7. The molecule has 6 heteroatoms. The molecule has 0 aromatic heterocycles. The van der Waals surface area contributed by atoms with E-state index in [0.29, 0.717) is 0 Å². The zero-order valence-electron chi connectivity index (χ0n) is 8.04. The standard InChI is InChI=1S/C8H14O6/c1-4(9)14-7-5(10)3-13-8(12-2)6(7)11/h5-8,10-11H,3H2,1-2H3/t5-,6-,7-,8-/m1/s1. The van der Waals surface area contributed by atoms with Gasteiger partial charge in [0.25, 0.3) is 0 Å². The van der Waals surface area contributed by atoms with Crippen molar-refractivity contribution in [1.82, 2.24) is 0 Å². The number of aliphatic hydroxyl groups excluding tert-OH is 2. The molecule has 1 aliphatic heterocycles. The summed E-state index contributed by atoms with van der Waals surface area (Å²) in [5.41, 5.74) is 0. The van der Waals surface area contributed by atoms with Crippen molar-refractivity contribution in [2.45, 2.75) is 31.5 Å². The molecule has 0 aromatic carbocycles. The van der Waals surface area contributed by atoms with Gasteiger partial charge in [0.05, 0.1) is 6.61 Å². The summed E-state index contributed by atoms with van der Waals surface area (Å²) in [7, 11) is 1.36. The van der Waals surface area contributed by atoms with E-state index in [9.17, 15) is 15.0 Å². The van der Waals surface area contributed by atoms with Gasteiger partial charge in [-0.3, -0.25) is 4.79 Å². The molecule has 82 valence electrons. The lowest BCUT2D eigenvalue weighted by Gasteiger charge is -2.36. The number of aliphatic hydroxyl groups is 2. The minimum Gasteiger partial charge on any atom is -0.457 e. The quantitative estimate of drug-likeness (QED) is 0.543. The second kappa shape index (κ2) is 4.70. The topological polar surface area (TPSA) is 85.2 Å². The van der Waals surface area contributed by atoms with Gasteiger partial charge in [-0.1, -0.05) is 0 Å². The van der Waals surface area contributed by atoms with Crippen LogP contribution >= 0.6 is 0 Å². The molecule has 0 saturated carbocycles. The van der Waals surface area contributed by atoms with Crippen LogP contribution in [0.4, 0.5) is 0 Å². The lowest BCUT2D eigenvalue weighted by molar-refractivity contribution is -0.266. The van der Waals surface area contributed by atoms with Gasteiger partial charge in [-0.2, -0.15) is 0 Å². The Hall–Kier alpha value is -0.690. The summed E-state index contributed by atoms with van der Waals surface area (Å²) in [6, 6.07) is 0. The van der Waals surface area contributed by atoms with Gasteiger partial charge in [0, 0.05) is 14.0 Å². The third-order valence-corrected chi connectivity index (χ3v) is 1.96. The Bertz CT molecular complexity index is 206. The second-order valence-corrected chi connectivity index (χ2v) is 3.07. The van der Waals surface area contributed by atoms with Gasteiger partial charge in [-0.05, 0) is 0 Å². The van der Waals surface area contributed by atoms with Crippen molar-refractivity contribution in [3.8, 4) is 0 Å². The van der Waals surface area contributed by atoms with Crippen molar-refractivity contribution >= 4 is 5.97 Å². The van der Waals surface area contributed by atoms with E-state index in [0.717, 1.165) is 0 Å². The van der Waals surface area contributed by atoms with Crippen LogP contribution < -0.4 is 0 Å². The summed E-state index contributed by atoms with van der Waals surface area (Å²) in [5, 5.41) is 18.9. The maximum Gasteiger partial charge on any atom is 0.303 e. The Morgan fingerprint density at radius 3 is 2.64 bits per heavy atom. The number of rotatable bonds is 2. The normalized spacial score (nSPS) is 38.0. The van der Waals surface area contributed by atoms with Crippen LogP contribution in [-0.4, -0.2) is 54.5 Å². The van der Waals surface area contributed by atoms with Gasteiger partial charge in [0.15, 0.2) is 12.4 Å². The fourth-order valence-corrected chi connectivity index (χ4v) is 1.32. The van der Waals surface area contributed by atoms with Crippen molar-refractivity contribution in [2.75, 3.05) is 13.7 Å². The SMILES string of the molecule is CO[C@@H]1OC[C@@H](O)[C@@H](OC(C)=O)[C@H]1O. The summed E-state index contributed by atoms with van der Waals surface area (Å²) in [6.45, 7) is 1.17. The maximum absolute atomic E-state index is 10.7. The lowest BCUT2D eigenvalue weighted by Crippen LogP contribution is -2.55. The smallest absolute Gasteiger partial charge is 0.303 e. The Balaban J connectivity index is 2.63. The molecule has 1 fully saturated rings. The van der Waals surface area contributed by atoms with Crippen molar-refractivity contribution in [3.05, 3.63) is 0 Å². The summed E-state index contributed by atoms with van der Waals surface area (Å²) in [5.74, 6) is -0.565. The molecule has 1 saturated heterocycles. The maximum atomic E-state index is 10.7. The largest absolute Gasteiger partial charge is 0.457 e. The molecule has 0 aliphatic carbocycles. The third kappa shape index (κ3) is 2.42. The highest BCUT2D eigenvalue weighted by Crippen LogP contribution is 2.18. The molecule has 0 radical (unpaired) electrons. The molecule has 1 aliphatic rings. The summed E-state index contributed by atoms with van der Waals surface area (Å²) in [6.07, 6.45) is -4.07. The van der Waals surface area contributed by atoms with Crippen LogP contribution in [0.2, 0.25) is 0 Å².